The number of amides is 1. The van der Waals surface area contributed by atoms with Crippen LogP contribution in [0.3, 0.4) is 0 Å². The summed E-state index contributed by atoms with van der Waals surface area (Å²) in [4.78, 5) is 39.9. The highest BCUT2D eigenvalue weighted by molar-refractivity contribution is 7.45. The quantitative estimate of drug-likeness (QED) is 0.0212. The summed E-state index contributed by atoms with van der Waals surface area (Å²) in [5, 5.41) is 3.03. The molecule has 3 unspecified atom stereocenters. The van der Waals surface area contributed by atoms with E-state index in [1.54, 1.807) is 0 Å². The smallest absolute Gasteiger partial charge is 0.306 e. The molecule has 0 spiro atoms. The number of unbranched alkanes of at least 4 members (excludes halogenated alkanes) is 33. The van der Waals surface area contributed by atoms with Crippen molar-refractivity contribution in [2.45, 2.75) is 296 Å². The SMILES string of the molecule is CCCCC/C=C\C/C=C\CCCCCCCCCCCC(=O)NC(COP(=O)([O-])OCC[N+](C)(C)C)C(/C=C\CCCCCCCCCCCC)OC(=O)CCCCCCCCC/C=C\CCCCCC. The highest BCUT2D eigenvalue weighted by atomic mass is 31.2. The van der Waals surface area contributed by atoms with Gasteiger partial charge in [-0.3, -0.25) is 14.2 Å². The van der Waals surface area contributed by atoms with Gasteiger partial charge in [0.1, 0.15) is 19.3 Å². The topological polar surface area (TPSA) is 114 Å². The third-order valence-electron chi connectivity index (χ3n) is 13.5. The van der Waals surface area contributed by atoms with Gasteiger partial charge in [-0.2, -0.15) is 0 Å². The normalized spacial score (nSPS) is 14.0. The summed E-state index contributed by atoms with van der Waals surface area (Å²) in [7, 11) is 1.18. The summed E-state index contributed by atoms with van der Waals surface area (Å²) in [6, 6.07) is -0.891. The molecule has 72 heavy (non-hydrogen) atoms. The highest BCUT2D eigenvalue weighted by Gasteiger charge is 2.27. The van der Waals surface area contributed by atoms with E-state index in [9.17, 15) is 19.0 Å². The van der Waals surface area contributed by atoms with E-state index >= 15 is 0 Å². The minimum Gasteiger partial charge on any atom is -0.756 e. The number of nitrogens with one attached hydrogen (secondary N) is 1. The molecule has 1 N–H and O–H groups in total. The van der Waals surface area contributed by atoms with Crippen molar-refractivity contribution in [2.75, 3.05) is 40.9 Å². The van der Waals surface area contributed by atoms with E-state index in [0.29, 0.717) is 17.4 Å². The van der Waals surface area contributed by atoms with Gasteiger partial charge in [0.05, 0.1) is 33.8 Å². The number of esters is 1. The number of phosphoric acid groups is 1. The molecule has 3 atom stereocenters. The number of hydrogen-bond acceptors (Lipinski definition) is 7. The van der Waals surface area contributed by atoms with E-state index in [1.807, 2.05) is 33.3 Å². The number of allylic oxidation sites excluding steroid dienone is 7. The van der Waals surface area contributed by atoms with Crippen molar-refractivity contribution in [1.29, 1.82) is 0 Å². The Morgan fingerprint density at radius 3 is 1.31 bits per heavy atom. The number of ether oxygens (including phenoxy) is 1. The lowest BCUT2D eigenvalue weighted by Crippen LogP contribution is -2.47. The van der Waals surface area contributed by atoms with Crippen LogP contribution in [-0.4, -0.2) is 69.4 Å². The van der Waals surface area contributed by atoms with Gasteiger partial charge in [0.2, 0.25) is 5.91 Å². The molecule has 10 heteroatoms. The predicted octanol–water partition coefficient (Wildman–Crippen LogP) is 17.9. The van der Waals surface area contributed by atoms with Crippen LogP contribution >= 0.6 is 7.82 Å². The number of quaternary nitrogens is 1. The maximum Gasteiger partial charge on any atom is 0.306 e. The van der Waals surface area contributed by atoms with Gasteiger partial charge < -0.3 is 28.5 Å². The Hall–Kier alpha value is -2.03. The molecule has 1 amide bonds. The Bertz CT molecular complexity index is 1380. The maximum absolute atomic E-state index is 13.5. The van der Waals surface area contributed by atoms with Crippen LogP contribution in [0.15, 0.2) is 48.6 Å². The Kier molecular flexibility index (Phi) is 50.9. The first kappa shape index (κ1) is 70.0. The van der Waals surface area contributed by atoms with Gasteiger partial charge in [0, 0.05) is 12.8 Å². The standard InChI is InChI=1S/C62H117N2O7P/c1-7-10-13-16-19-22-25-28-30-31-32-33-35-36-39-42-45-48-51-54-61(65)63-59(58-70-72(67,68)69-57-56-64(4,5)6)60(53-50-47-44-41-38-27-24-21-18-15-12-9-3)71-62(66)55-52-49-46-43-40-37-34-29-26-23-20-17-14-11-8-2/h19,22-23,26,28,30,50,53,59-60H,7-18,20-21,24-25,27,29,31-49,51-52,54-58H2,1-6H3,(H-,63,65,67,68)/b22-19-,26-23-,30-28-,53-50-. The fourth-order valence-electron chi connectivity index (χ4n) is 8.72. The van der Waals surface area contributed by atoms with E-state index in [2.05, 4.69) is 62.5 Å². The number of carbonyl (C=O) groups excluding carboxylic acids is 2. The minimum atomic E-state index is -4.70. The first-order valence-corrected chi connectivity index (χ1v) is 31.9. The van der Waals surface area contributed by atoms with Crippen LogP contribution in [0, 0.1) is 0 Å². The molecule has 0 heterocycles. The van der Waals surface area contributed by atoms with E-state index < -0.39 is 20.0 Å². The number of rotatable bonds is 55. The zero-order valence-electron chi connectivity index (χ0n) is 48.1. The first-order chi connectivity index (χ1) is 34.9. The van der Waals surface area contributed by atoms with Gasteiger partial charge in [0.15, 0.2) is 0 Å². The van der Waals surface area contributed by atoms with Crippen molar-refractivity contribution in [3.63, 3.8) is 0 Å². The molecule has 422 valence electrons. The van der Waals surface area contributed by atoms with E-state index in [0.717, 1.165) is 89.9 Å². The molecule has 0 saturated heterocycles. The summed E-state index contributed by atoms with van der Waals surface area (Å²) < 4.78 is 30.3. The molecule has 0 rings (SSSR count). The van der Waals surface area contributed by atoms with Gasteiger partial charge in [-0.15, -0.1) is 0 Å². The fraction of sp³-hybridized carbons (Fsp3) is 0.839. The Labute approximate surface area is 446 Å². The Morgan fingerprint density at radius 2 is 0.847 bits per heavy atom. The van der Waals surface area contributed by atoms with E-state index in [1.165, 1.54) is 161 Å². The second-order valence-corrected chi connectivity index (χ2v) is 23.3. The van der Waals surface area contributed by atoms with Crippen LogP contribution in [0.25, 0.3) is 0 Å². The molecule has 0 aliphatic rings. The molecule has 0 radical (unpaired) electrons. The average molecular weight is 1030 g/mol. The maximum atomic E-state index is 13.5. The number of likely N-dealkylation sites (N-methyl/N-ethyl adjacent to an activating group) is 1. The predicted molar refractivity (Wildman–Crippen MR) is 307 cm³/mol. The third kappa shape index (κ3) is 52.8. The van der Waals surface area contributed by atoms with Crippen molar-refractivity contribution >= 4 is 19.7 Å². The number of hydrogen-bond donors (Lipinski definition) is 1. The van der Waals surface area contributed by atoms with Gasteiger partial charge in [-0.25, -0.2) is 0 Å². The first-order valence-electron chi connectivity index (χ1n) is 30.4. The van der Waals surface area contributed by atoms with Crippen molar-refractivity contribution < 1.29 is 37.3 Å². The molecule has 0 aliphatic carbocycles. The van der Waals surface area contributed by atoms with E-state index in [4.69, 9.17) is 13.8 Å². The molecule has 0 aromatic heterocycles. The molecule has 9 nitrogen and oxygen atoms in total. The molecule has 0 fully saturated rings. The lowest BCUT2D eigenvalue weighted by atomic mass is 10.0. The zero-order chi connectivity index (χ0) is 52.9. The molecule has 0 aliphatic heterocycles. The number of nitrogens with zero attached hydrogens (tertiary/aromatic N) is 1. The number of carbonyl (C=O) groups is 2. The molecule has 0 bridgehead atoms. The Morgan fingerprint density at radius 1 is 0.486 bits per heavy atom. The number of phosphoric ester groups is 1. The molecule has 0 saturated carbocycles. The molecular weight excluding hydrogens is 916 g/mol. The minimum absolute atomic E-state index is 0.0236. The van der Waals surface area contributed by atoms with Crippen LogP contribution in [-0.2, 0) is 27.9 Å². The van der Waals surface area contributed by atoms with Crippen LogP contribution in [0.2, 0.25) is 0 Å². The van der Waals surface area contributed by atoms with Crippen LogP contribution in [0.1, 0.15) is 284 Å². The van der Waals surface area contributed by atoms with Gasteiger partial charge in [-0.05, 0) is 89.5 Å². The summed E-state index contributed by atoms with van der Waals surface area (Å²) >= 11 is 0. The Balaban J connectivity index is 5.27. The van der Waals surface area contributed by atoms with Crippen LogP contribution < -0.4 is 10.2 Å². The summed E-state index contributed by atoms with van der Waals surface area (Å²) in [5.74, 6) is -0.544. The largest absolute Gasteiger partial charge is 0.756 e. The summed E-state index contributed by atoms with van der Waals surface area (Å²) in [6.45, 7) is 6.81. The van der Waals surface area contributed by atoms with Gasteiger partial charge in [0.25, 0.3) is 7.82 Å². The van der Waals surface area contributed by atoms with Crippen molar-refractivity contribution in [3.05, 3.63) is 48.6 Å². The third-order valence-corrected chi connectivity index (χ3v) is 14.4. The average Bonchev–Trinajstić information content (AvgIpc) is 3.34. The fourth-order valence-corrected chi connectivity index (χ4v) is 9.45. The second kappa shape index (κ2) is 52.4. The second-order valence-electron chi connectivity index (χ2n) is 21.8. The molecular formula is C62H117N2O7P. The zero-order valence-corrected chi connectivity index (χ0v) is 49.0. The van der Waals surface area contributed by atoms with Crippen molar-refractivity contribution in [2.24, 2.45) is 0 Å². The lowest BCUT2D eigenvalue weighted by Gasteiger charge is -2.30. The van der Waals surface area contributed by atoms with Crippen LogP contribution in [0.4, 0.5) is 0 Å². The molecule has 0 aromatic carbocycles. The van der Waals surface area contributed by atoms with E-state index in [-0.39, 0.29) is 31.5 Å². The van der Waals surface area contributed by atoms with Crippen molar-refractivity contribution in [3.8, 4) is 0 Å². The monoisotopic (exact) mass is 1030 g/mol. The summed E-state index contributed by atoms with van der Waals surface area (Å²) in [5.41, 5.74) is 0. The van der Waals surface area contributed by atoms with Crippen molar-refractivity contribution in [1.82, 2.24) is 5.32 Å². The highest BCUT2D eigenvalue weighted by Crippen LogP contribution is 2.38. The van der Waals surface area contributed by atoms with Gasteiger partial charge >= 0.3 is 5.97 Å². The van der Waals surface area contributed by atoms with Crippen LogP contribution in [0.5, 0.6) is 0 Å². The lowest BCUT2D eigenvalue weighted by molar-refractivity contribution is -0.870. The van der Waals surface area contributed by atoms with Gasteiger partial charge in [-0.1, -0.05) is 230 Å². The molecule has 0 aromatic rings. The summed E-state index contributed by atoms with van der Waals surface area (Å²) in [6.07, 6.45) is 63.5.